The van der Waals surface area contributed by atoms with Crippen LogP contribution in [0, 0.1) is 0 Å². The fourth-order valence-electron chi connectivity index (χ4n) is 1.18. The molecular formula is C10H15ClN2. The van der Waals surface area contributed by atoms with E-state index in [1.807, 2.05) is 31.3 Å². The molecule has 0 aliphatic rings. The highest BCUT2D eigenvalue weighted by Crippen LogP contribution is 2.16. The highest BCUT2D eigenvalue weighted by molar-refractivity contribution is 6.30. The summed E-state index contributed by atoms with van der Waals surface area (Å²) in [6, 6.07) is 7.79. The van der Waals surface area contributed by atoms with Gasteiger partial charge in [-0.3, -0.25) is 0 Å². The molecule has 0 aromatic heterocycles. The van der Waals surface area contributed by atoms with E-state index in [-0.39, 0.29) is 6.04 Å². The first-order chi connectivity index (χ1) is 6.24. The van der Waals surface area contributed by atoms with Crippen molar-refractivity contribution in [3.8, 4) is 0 Å². The molecule has 0 amide bonds. The minimum Gasteiger partial charge on any atom is -0.324 e. The van der Waals surface area contributed by atoms with E-state index in [1.165, 1.54) is 0 Å². The maximum atomic E-state index is 5.95. The molecule has 72 valence electrons. The molecule has 3 heteroatoms. The fraction of sp³-hybridized carbons (Fsp3) is 0.400. The molecule has 0 saturated carbocycles. The van der Waals surface area contributed by atoms with Gasteiger partial charge in [0.15, 0.2) is 0 Å². The van der Waals surface area contributed by atoms with Gasteiger partial charge in [-0.2, -0.15) is 0 Å². The van der Waals surface area contributed by atoms with Gasteiger partial charge < -0.3 is 11.1 Å². The highest BCUT2D eigenvalue weighted by Gasteiger charge is 2.03. The minimum absolute atomic E-state index is 0.102. The van der Waals surface area contributed by atoms with E-state index in [0.717, 1.165) is 23.6 Å². The second-order valence-corrected chi connectivity index (χ2v) is 3.49. The summed E-state index contributed by atoms with van der Waals surface area (Å²) in [5, 5.41) is 3.83. The lowest BCUT2D eigenvalue weighted by atomic mass is 10.1. The lowest BCUT2D eigenvalue weighted by Gasteiger charge is -2.11. The zero-order chi connectivity index (χ0) is 9.68. The number of halogens is 1. The Labute approximate surface area is 84.1 Å². The molecule has 1 unspecified atom stereocenters. The van der Waals surface area contributed by atoms with Gasteiger partial charge in [-0.1, -0.05) is 23.7 Å². The predicted molar refractivity (Wildman–Crippen MR) is 56.9 cm³/mol. The van der Waals surface area contributed by atoms with Crippen LogP contribution in [0.4, 0.5) is 0 Å². The second-order valence-electron chi connectivity index (χ2n) is 3.05. The lowest BCUT2D eigenvalue weighted by molar-refractivity contribution is 0.616. The molecule has 0 saturated heterocycles. The quantitative estimate of drug-likeness (QED) is 0.776. The Kier molecular flexibility index (Phi) is 4.22. The van der Waals surface area contributed by atoms with Gasteiger partial charge >= 0.3 is 0 Å². The van der Waals surface area contributed by atoms with Gasteiger partial charge in [-0.25, -0.2) is 0 Å². The van der Waals surface area contributed by atoms with Crippen LogP contribution in [0.3, 0.4) is 0 Å². The van der Waals surface area contributed by atoms with Crippen molar-refractivity contribution in [2.24, 2.45) is 5.73 Å². The first kappa shape index (κ1) is 10.5. The molecular weight excluding hydrogens is 184 g/mol. The van der Waals surface area contributed by atoms with Crippen molar-refractivity contribution in [2.45, 2.75) is 12.5 Å². The van der Waals surface area contributed by atoms with Gasteiger partial charge in [0.05, 0.1) is 0 Å². The summed E-state index contributed by atoms with van der Waals surface area (Å²) in [4.78, 5) is 0. The largest absolute Gasteiger partial charge is 0.324 e. The van der Waals surface area contributed by atoms with Crippen LogP contribution in [0.25, 0.3) is 0 Å². The van der Waals surface area contributed by atoms with E-state index in [1.54, 1.807) is 0 Å². The first-order valence-electron chi connectivity index (χ1n) is 4.39. The standard InChI is InChI=1S/C10H15ClN2/c1-13-7-6-10(12)8-2-4-9(11)5-3-8/h2-5,10,13H,6-7,12H2,1H3. The summed E-state index contributed by atoms with van der Waals surface area (Å²) in [6.45, 7) is 0.934. The third-order valence-corrected chi connectivity index (χ3v) is 2.26. The number of rotatable bonds is 4. The zero-order valence-corrected chi connectivity index (χ0v) is 8.51. The summed E-state index contributed by atoms with van der Waals surface area (Å²) in [7, 11) is 1.93. The van der Waals surface area contributed by atoms with Crippen LogP contribution in [-0.2, 0) is 0 Å². The highest BCUT2D eigenvalue weighted by atomic mass is 35.5. The van der Waals surface area contributed by atoms with Crippen LogP contribution in [-0.4, -0.2) is 13.6 Å². The van der Waals surface area contributed by atoms with Crippen LogP contribution in [0.5, 0.6) is 0 Å². The van der Waals surface area contributed by atoms with Gasteiger partial charge in [0.1, 0.15) is 0 Å². The average molecular weight is 199 g/mol. The Balaban J connectivity index is 2.55. The summed E-state index contributed by atoms with van der Waals surface area (Å²) in [6.07, 6.45) is 0.943. The molecule has 0 spiro atoms. The van der Waals surface area contributed by atoms with E-state index in [9.17, 15) is 0 Å². The second kappa shape index (κ2) is 5.22. The van der Waals surface area contributed by atoms with E-state index in [4.69, 9.17) is 17.3 Å². The third-order valence-electron chi connectivity index (χ3n) is 2.00. The maximum Gasteiger partial charge on any atom is 0.0406 e. The Morgan fingerprint density at radius 1 is 1.38 bits per heavy atom. The van der Waals surface area contributed by atoms with E-state index >= 15 is 0 Å². The number of benzene rings is 1. The van der Waals surface area contributed by atoms with Crippen molar-refractivity contribution in [1.29, 1.82) is 0 Å². The Hall–Kier alpha value is -0.570. The van der Waals surface area contributed by atoms with Gasteiger partial charge in [0, 0.05) is 11.1 Å². The van der Waals surface area contributed by atoms with Crippen LogP contribution in [0.15, 0.2) is 24.3 Å². The normalized spacial score (nSPS) is 12.8. The molecule has 0 heterocycles. The Morgan fingerprint density at radius 3 is 2.54 bits per heavy atom. The minimum atomic E-state index is 0.102. The van der Waals surface area contributed by atoms with Crippen molar-refractivity contribution in [2.75, 3.05) is 13.6 Å². The predicted octanol–water partition coefficient (Wildman–Crippen LogP) is 1.95. The van der Waals surface area contributed by atoms with Gasteiger partial charge in [-0.15, -0.1) is 0 Å². The molecule has 2 nitrogen and oxygen atoms in total. The molecule has 0 bridgehead atoms. The lowest BCUT2D eigenvalue weighted by Crippen LogP contribution is -2.17. The van der Waals surface area contributed by atoms with Crippen molar-refractivity contribution >= 4 is 11.6 Å². The molecule has 0 radical (unpaired) electrons. The van der Waals surface area contributed by atoms with E-state index < -0.39 is 0 Å². The van der Waals surface area contributed by atoms with Crippen LogP contribution >= 0.6 is 11.6 Å². The fourth-order valence-corrected chi connectivity index (χ4v) is 1.30. The Morgan fingerprint density at radius 2 is 2.00 bits per heavy atom. The molecule has 1 rings (SSSR count). The van der Waals surface area contributed by atoms with Gasteiger partial charge in [0.25, 0.3) is 0 Å². The summed E-state index contributed by atoms with van der Waals surface area (Å²) in [5.41, 5.74) is 7.09. The number of nitrogens with one attached hydrogen (secondary N) is 1. The van der Waals surface area contributed by atoms with Crippen molar-refractivity contribution in [1.82, 2.24) is 5.32 Å². The number of nitrogens with two attached hydrogens (primary N) is 1. The zero-order valence-electron chi connectivity index (χ0n) is 7.76. The van der Waals surface area contributed by atoms with Crippen molar-refractivity contribution in [3.63, 3.8) is 0 Å². The molecule has 1 aromatic carbocycles. The van der Waals surface area contributed by atoms with Crippen molar-refractivity contribution in [3.05, 3.63) is 34.9 Å². The molecule has 0 aliphatic carbocycles. The topological polar surface area (TPSA) is 38.0 Å². The smallest absolute Gasteiger partial charge is 0.0406 e. The molecule has 1 aromatic rings. The summed E-state index contributed by atoms with van der Waals surface area (Å²) >= 11 is 5.77. The first-order valence-corrected chi connectivity index (χ1v) is 4.77. The van der Waals surface area contributed by atoms with Gasteiger partial charge in [0.2, 0.25) is 0 Å². The van der Waals surface area contributed by atoms with Crippen LogP contribution in [0.1, 0.15) is 18.0 Å². The van der Waals surface area contributed by atoms with E-state index in [2.05, 4.69) is 5.32 Å². The number of hydrogen-bond acceptors (Lipinski definition) is 2. The SMILES string of the molecule is CNCCC(N)c1ccc(Cl)cc1. The monoisotopic (exact) mass is 198 g/mol. The molecule has 0 aliphatic heterocycles. The van der Waals surface area contributed by atoms with Gasteiger partial charge in [-0.05, 0) is 37.7 Å². The van der Waals surface area contributed by atoms with Crippen LogP contribution in [0.2, 0.25) is 5.02 Å². The average Bonchev–Trinajstić information content (AvgIpc) is 2.15. The summed E-state index contributed by atoms with van der Waals surface area (Å²) < 4.78 is 0. The Bertz CT molecular complexity index is 246. The van der Waals surface area contributed by atoms with Crippen LogP contribution < -0.4 is 11.1 Å². The molecule has 3 N–H and O–H groups in total. The van der Waals surface area contributed by atoms with E-state index in [0.29, 0.717) is 0 Å². The molecule has 0 fully saturated rings. The summed E-state index contributed by atoms with van der Waals surface area (Å²) in [5.74, 6) is 0. The number of hydrogen-bond donors (Lipinski definition) is 2. The van der Waals surface area contributed by atoms with Crippen molar-refractivity contribution < 1.29 is 0 Å². The maximum absolute atomic E-state index is 5.95. The molecule has 13 heavy (non-hydrogen) atoms. The third kappa shape index (κ3) is 3.35. The molecule has 1 atom stereocenters.